The molecule has 0 aliphatic carbocycles. The lowest BCUT2D eigenvalue weighted by Gasteiger charge is -2.13. The summed E-state index contributed by atoms with van der Waals surface area (Å²) in [4.78, 5) is 0. The first kappa shape index (κ1) is 11.8. The maximum atomic E-state index is 3.29. The van der Waals surface area contributed by atoms with Crippen molar-refractivity contribution in [2.75, 3.05) is 7.05 Å². The van der Waals surface area contributed by atoms with Gasteiger partial charge < -0.3 is 5.32 Å². The van der Waals surface area contributed by atoms with Gasteiger partial charge in [0.15, 0.2) is 0 Å². The molecule has 0 fully saturated rings. The van der Waals surface area contributed by atoms with Crippen LogP contribution in [0.5, 0.6) is 0 Å². The molecule has 1 unspecified atom stereocenters. The molecule has 0 bridgehead atoms. The highest BCUT2D eigenvalue weighted by Gasteiger charge is 2.06. The molecular weight excluding hydrogens is 182 g/mol. The summed E-state index contributed by atoms with van der Waals surface area (Å²) in [6.45, 7) is 4.06. The average Bonchev–Trinajstić information content (AvgIpc) is 2.31. The molecule has 80 valence electrons. The van der Waals surface area contributed by atoms with Gasteiger partial charge in [-0.3, -0.25) is 0 Å². The lowest BCUT2D eigenvalue weighted by Crippen LogP contribution is -2.15. The van der Waals surface area contributed by atoms with Gasteiger partial charge in [-0.05, 0) is 31.5 Å². The number of aryl methyl sites for hydroxylation is 1. The van der Waals surface area contributed by atoms with Crippen molar-refractivity contribution in [2.45, 2.75) is 32.7 Å². The SMILES string of the molecule is CC#CCC(NC)c1ccc(CC)cc1. The molecule has 0 saturated heterocycles. The number of hydrogen-bond donors (Lipinski definition) is 1. The fourth-order valence-corrected chi connectivity index (χ4v) is 1.58. The van der Waals surface area contributed by atoms with E-state index in [4.69, 9.17) is 0 Å². The lowest BCUT2D eigenvalue weighted by atomic mass is 10.0. The standard InChI is InChI=1S/C14H19N/c1-4-6-7-14(15-3)13-10-8-12(5-2)9-11-13/h8-11,14-15H,5,7H2,1-3H3. The molecule has 1 rings (SSSR count). The van der Waals surface area contributed by atoms with Gasteiger partial charge in [0.25, 0.3) is 0 Å². The predicted molar refractivity (Wildman–Crippen MR) is 65.7 cm³/mol. The summed E-state index contributed by atoms with van der Waals surface area (Å²) in [6, 6.07) is 9.12. The van der Waals surface area contributed by atoms with Crippen molar-refractivity contribution in [1.82, 2.24) is 5.32 Å². The molecule has 1 atom stereocenters. The number of nitrogens with one attached hydrogen (secondary N) is 1. The van der Waals surface area contributed by atoms with Crippen molar-refractivity contribution in [1.29, 1.82) is 0 Å². The Balaban J connectivity index is 2.76. The molecule has 15 heavy (non-hydrogen) atoms. The zero-order chi connectivity index (χ0) is 11.1. The Morgan fingerprint density at radius 1 is 1.27 bits per heavy atom. The van der Waals surface area contributed by atoms with Crippen LogP contribution in [0, 0.1) is 11.8 Å². The van der Waals surface area contributed by atoms with E-state index in [9.17, 15) is 0 Å². The highest BCUT2D eigenvalue weighted by Crippen LogP contribution is 2.16. The normalized spacial score (nSPS) is 11.7. The lowest BCUT2D eigenvalue weighted by molar-refractivity contribution is 0.611. The van der Waals surface area contributed by atoms with Crippen LogP contribution in [-0.2, 0) is 6.42 Å². The summed E-state index contributed by atoms with van der Waals surface area (Å²) in [5.41, 5.74) is 2.70. The van der Waals surface area contributed by atoms with Crippen molar-refractivity contribution in [3.63, 3.8) is 0 Å². The Kier molecular flexibility index (Phi) is 4.93. The first-order chi connectivity index (χ1) is 7.31. The van der Waals surface area contributed by atoms with Crippen LogP contribution in [0.15, 0.2) is 24.3 Å². The van der Waals surface area contributed by atoms with Crippen LogP contribution >= 0.6 is 0 Å². The summed E-state index contributed by atoms with van der Waals surface area (Å²) < 4.78 is 0. The fraction of sp³-hybridized carbons (Fsp3) is 0.429. The van der Waals surface area contributed by atoms with E-state index in [2.05, 4.69) is 48.3 Å². The van der Waals surface area contributed by atoms with Crippen molar-refractivity contribution in [3.05, 3.63) is 35.4 Å². The molecule has 1 nitrogen and oxygen atoms in total. The smallest absolute Gasteiger partial charge is 0.0428 e. The third-order valence-corrected chi connectivity index (χ3v) is 2.62. The molecule has 1 N–H and O–H groups in total. The van der Waals surface area contributed by atoms with Crippen LogP contribution in [0.1, 0.15) is 37.4 Å². The van der Waals surface area contributed by atoms with Crippen molar-refractivity contribution in [3.8, 4) is 11.8 Å². The summed E-state index contributed by atoms with van der Waals surface area (Å²) in [6.07, 6.45) is 1.97. The van der Waals surface area contributed by atoms with Gasteiger partial charge in [-0.15, -0.1) is 11.8 Å². The van der Waals surface area contributed by atoms with Crippen LogP contribution in [0.3, 0.4) is 0 Å². The third-order valence-electron chi connectivity index (χ3n) is 2.62. The number of benzene rings is 1. The van der Waals surface area contributed by atoms with Crippen LogP contribution in [0.4, 0.5) is 0 Å². The molecule has 0 aromatic heterocycles. The van der Waals surface area contributed by atoms with E-state index >= 15 is 0 Å². The second-order valence-electron chi connectivity index (χ2n) is 3.57. The van der Waals surface area contributed by atoms with E-state index < -0.39 is 0 Å². The van der Waals surface area contributed by atoms with E-state index in [1.165, 1.54) is 11.1 Å². The van der Waals surface area contributed by atoms with Crippen LogP contribution in [0.2, 0.25) is 0 Å². The van der Waals surface area contributed by atoms with E-state index in [0.717, 1.165) is 12.8 Å². The predicted octanol–water partition coefficient (Wildman–Crippen LogP) is 2.92. The highest BCUT2D eigenvalue weighted by atomic mass is 14.9. The Bertz CT molecular complexity index is 340. The minimum Gasteiger partial charge on any atom is -0.312 e. The van der Waals surface area contributed by atoms with Crippen LogP contribution in [0.25, 0.3) is 0 Å². The van der Waals surface area contributed by atoms with Gasteiger partial charge in [0.05, 0.1) is 0 Å². The van der Waals surface area contributed by atoms with Gasteiger partial charge in [0.1, 0.15) is 0 Å². The molecule has 1 aromatic rings. The van der Waals surface area contributed by atoms with Gasteiger partial charge in [-0.2, -0.15) is 0 Å². The Morgan fingerprint density at radius 3 is 2.40 bits per heavy atom. The first-order valence-electron chi connectivity index (χ1n) is 5.47. The highest BCUT2D eigenvalue weighted by molar-refractivity contribution is 5.26. The maximum absolute atomic E-state index is 3.29. The molecule has 0 amide bonds. The van der Waals surface area contributed by atoms with Gasteiger partial charge >= 0.3 is 0 Å². The van der Waals surface area contributed by atoms with Gasteiger partial charge in [0.2, 0.25) is 0 Å². The minimum absolute atomic E-state index is 0.350. The maximum Gasteiger partial charge on any atom is 0.0428 e. The quantitative estimate of drug-likeness (QED) is 0.739. The molecule has 0 aliphatic heterocycles. The average molecular weight is 201 g/mol. The molecule has 0 radical (unpaired) electrons. The number of rotatable bonds is 4. The molecule has 0 saturated carbocycles. The van der Waals surface area contributed by atoms with Gasteiger partial charge in [-0.25, -0.2) is 0 Å². The fourth-order valence-electron chi connectivity index (χ4n) is 1.58. The zero-order valence-corrected chi connectivity index (χ0v) is 9.80. The summed E-state index contributed by atoms with van der Waals surface area (Å²) in [5, 5.41) is 3.29. The van der Waals surface area contributed by atoms with Crippen molar-refractivity contribution in [2.24, 2.45) is 0 Å². The molecule has 0 aliphatic rings. The molecule has 0 spiro atoms. The van der Waals surface area contributed by atoms with E-state index in [1.807, 2.05) is 14.0 Å². The molecule has 1 aromatic carbocycles. The van der Waals surface area contributed by atoms with E-state index in [-0.39, 0.29) is 0 Å². The zero-order valence-electron chi connectivity index (χ0n) is 9.80. The van der Waals surface area contributed by atoms with Crippen LogP contribution < -0.4 is 5.32 Å². The first-order valence-corrected chi connectivity index (χ1v) is 5.47. The van der Waals surface area contributed by atoms with Crippen LogP contribution in [-0.4, -0.2) is 7.05 Å². The topological polar surface area (TPSA) is 12.0 Å². The molecule has 0 heterocycles. The Morgan fingerprint density at radius 2 is 1.93 bits per heavy atom. The summed E-state index contributed by atoms with van der Waals surface area (Å²) >= 11 is 0. The van der Waals surface area contributed by atoms with Gasteiger partial charge in [0, 0.05) is 12.5 Å². The third kappa shape index (κ3) is 3.42. The summed E-state index contributed by atoms with van der Waals surface area (Å²) in [5.74, 6) is 6.05. The second-order valence-corrected chi connectivity index (χ2v) is 3.57. The molecule has 1 heteroatoms. The molecular formula is C14H19N. The largest absolute Gasteiger partial charge is 0.312 e. The Hall–Kier alpha value is -1.26. The number of hydrogen-bond acceptors (Lipinski definition) is 1. The van der Waals surface area contributed by atoms with Crippen molar-refractivity contribution >= 4 is 0 Å². The van der Waals surface area contributed by atoms with E-state index in [0.29, 0.717) is 6.04 Å². The second kappa shape index (κ2) is 6.27. The minimum atomic E-state index is 0.350. The Labute approximate surface area is 92.9 Å². The van der Waals surface area contributed by atoms with Crippen molar-refractivity contribution < 1.29 is 0 Å². The summed E-state index contributed by atoms with van der Waals surface area (Å²) in [7, 11) is 1.98. The monoisotopic (exact) mass is 201 g/mol. The van der Waals surface area contributed by atoms with E-state index in [1.54, 1.807) is 0 Å². The van der Waals surface area contributed by atoms with Gasteiger partial charge in [-0.1, -0.05) is 31.2 Å².